The van der Waals surface area contributed by atoms with Crippen LogP contribution in [0.3, 0.4) is 0 Å². The van der Waals surface area contributed by atoms with Crippen LogP contribution in [0.15, 0.2) is 35.1 Å². The number of nitrogens with zero attached hydrogens (tertiary/aromatic N) is 2. The summed E-state index contributed by atoms with van der Waals surface area (Å²) in [5, 5.41) is 15.5. The number of ether oxygens (including phenoxy) is 1. The maximum Gasteiger partial charge on any atom is 0.343 e. The number of carbonyl (C=O) groups excluding carboxylic acids is 1. The van der Waals surface area contributed by atoms with Gasteiger partial charge in [-0.1, -0.05) is 13.0 Å². The van der Waals surface area contributed by atoms with Crippen LogP contribution in [0.5, 0.6) is 0 Å². The number of esters is 1. The molecular formula is C24H25N3O4. The summed E-state index contributed by atoms with van der Waals surface area (Å²) in [7, 11) is 0. The molecule has 0 amide bonds. The fourth-order valence-electron chi connectivity index (χ4n) is 4.52. The number of hydrogen-bond acceptors (Lipinski definition) is 6. The second-order valence-electron chi connectivity index (χ2n) is 9.35. The smallest absolute Gasteiger partial charge is 0.343 e. The molecule has 1 aromatic carbocycles. The van der Waals surface area contributed by atoms with Crippen LogP contribution in [0.25, 0.3) is 22.3 Å². The molecule has 31 heavy (non-hydrogen) atoms. The van der Waals surface area contributed by atoms with E-state index >= 15 is 0 Å². The summed E-state index contributed by atoms with van der Waals surface area (Å²) in [5.41, 5.74) is 2.56. The van der Waals surface area contributed by atoms with Gasteiger partial charge in [0.1, 0.15) is 6.61 Å². The normalized spacial score (nSPS) is 19.6. The molecule has 0 bridgehead atoms. The predicted octanol–water partition coefficient (Wildman–Crippen LogP) is 3.29. The lowest BCUT2D eigenvalue weighted by atomic mass is 9.86. The number of cyclic esters (lactones) is 1. The number of fused-ring (bicyclic) bond motifs is 5. The highest BCUT2D eigenvalue weighted by molar-refractivity contribution is 5.94. The number of aliphatic hydroxyl groups is 1. The van der Waals surface area contributed by atoms with Crippen LogP contribution in [0.1, 0.15) is 50.8 Å². The Morgan fingerprint density at radius 3 is 2.74 bits per heavy atom. The number of aromatic nitrogens is 2. The molecule has 160 valence electrons. The average Bonchev–Trinajstić information content (AvgIpc) is 3.07. The Labute approximate surface area is 179 Å². The second kappa shape index (κ2) is 6.40. The summed E-state index contributed by atoms with van der Waals surface area (Å²) < 4.78 is 6.78. The fraction of sp³-hybridized carbons (Fsp3) is 0.375. The highest BCUT2D eigenvalue weighted by Gasteiger charge is 2.45. The van der Waals surface area contributed by atoms with E-state index < -0.39 is 11.6 Å². The molecule has 7 heteroatoms. The number of nitrogens with one attached hydrogen (secondary N) is 1. The molecular weight excluding hydrogens is 394 g/mol. The van der Waals surface area contributed by atoms with E-state index in [0.717, 1.165) is 22.2 Å². The minimum absolute atomic E-state index is 0.108. The van der Waals surface area contributed by atoms with Crippen LogP contribution in [0, 0.1) is 0 Å². The van der Waals surface area contributed by atoms with Crippen LogP contribution in [-0.4, -0.2) is 26.2 Å². The molecule has 5 rings (SSSR count). The molecule has 0 fully saturated rings. The second-order valence-corrected chi connectivity index (χ2v) is 9.35. The third-order valence-corrected chi connectivity index (χ3v) is 6.06. The Morgan fingerprint density at radius 2 is 2.03 bits per heavy atom. The summed E-state index contributed by atoms with van der Waals surface area (Å²) in [5.74, 6) is -0.713. The Balaban J connectivity index is 1.72. The van der Waals surface area contributed by atoms with E-state index in [0.29, 0.717) is 29.1 Å². The van der Waals surface area contributed by atoms with Gasteiger partial charge in [-0.15, -0.1) is 0 Å². The first-order chi connectivity index (χ1) is 14.6. The van der Waals surface area contributed by atoms with Gasteiger partial charge < -0.3 is 19.7 Å². The first-order valence-electron chi connectivity index (χ1n) is 10.5. The molecule has 0 aliphatic carbocycles. The number of carbonyl (C=O) groups is 1. The van der Waals surface area contributed by atoms with Crippen molar-refractivity contribution in [2.45, 2.75) is 58.4 Å². The van der Waals surface area contributed by atoms with Crippen LogP contribution < -0.4 is 10.9 Å². The molecule has 0 unspecified atom stereocenters. The van der Waals surface area contributed by atoms with Crippen molar-refractivity contribution in [3.8, 4) is 11.4 Å². The van der Waals surface area contributed by atoms with Crippen LogP contribution in [0.4, 0.5) is 5.69 Å². The van der Waals surface area contributed by atoms with Crippen molar-refractivity contribution >= 4 is 22.6 Å². The number of hydrogen-bond donors (Lipinski definition) is 2. The van der Waals surface area contributed by atoms with Crippen molar-refractivity contribution in [1.82, 2.24) is 9.55 Å². The molecule has 2 N–H and O–H groups in total. The van der Waals surface area contributed by atoms with E-state index in [2.05, 4.69) is 32.2 Å². The van der Waals surface area contributed by atoms with Gasteiger partial charge in [0.15, 0.2) is 5.60 Å². The maximum absolute atomic E-state index is 13.3. The summed E-state index contributed by atoms with van der Waals surface area (Å²) in [6.07, 6.45) is 0.127. The lowest BCUT2D eigenvalue weighted by Crippen LogP contribution is -2.44. The molecule has 7 nitrogen and oxygen atoms in total. The van der Waals surface area contributed by atoms with Crippen LogP contribution >= 0.6 is 0 Å². The molecule has 4 heterocycles. The van der Waals surface area contributed by atoms with Crippen molar-refractivity contribution in [3.63, 3.8) is 0 Å². The maximum atomic E-state index is 13.3. The molecule has 1 atom stereocenters. The monoisotopic (exact) mass is 419 g/mol. The van der Waals surface area contributed by atoms with E-state index in [1.54, 1.807) is 17.6 Å². The Morgan fingerprint density at radius 1 is 1.26 bits per heavy atom. The summed E-state index contributed by atoms with van der Waals surface area (Å²) in [4.78, 5) is 30.4. The standard InChI is InChI=1S/C24H25N3O4/c1-5-24(30)16-10-19-20-13(11-27(19)21(28)15(16)12-31-22(24)29)9-14-17(25-20)7-6-8-18(14)26-23(2,3)4/h6-10,26,30H,5,11-12H2,1-4H3/t24-/m0/s1. The van der Waals surface area contributed by atoms with Crippen molar-refractivity contribution in [2.24, 2.45) is 0 Å². The number of pyridine rings is 2. The Hall–Kier alpha value is -3.19. The molecule has 0 spiro atoms. The zero-order chi connectivity index (χ0) is 22.1. The van der Waals surface area contributed by atoms with Crippen molar-refractivity contribution < 1.29 is 14.6 Å². The van der Waals surface area contributed by atoms with Gasteiger partial charge in [0.05, 0.1) is 29.0 Å². The van der Waals surface area contributed by atoms with E-state index in [1.165, 1.54) is 0 Å². The molecule has 0 saturated carbocycles. The minimum atomic E-state index is -1.81. The molecule has 2 aliphatic heterocycles. The Kier molecular flexibility index (Phi) is 4.08. The number of rotatable bonds is 2. The van der Waals surface area contributed by atoms with Gasteiger partial charge in [-0.25, -0.2) is 9.78 Å². The lowest BCUT2D eigenvalue weighted by molar-refractivity contribution is -0.172. The highest BCUT2D eigenvalue weighted by atomic mass is 16.6. The van der Waals surface area contributed by atoms with Crippen molar-refractivity contribution in [2.75, 3.05) is 5.32 Å². The minimum Gasteiger partial charge on any atom is -0.458 e. The zero-order valence-electron chi connectivity index (χ0n) is 18.1. The van der Waals surface area contributed by atoms with Gasteiger partial charge in [0.2, 0.25) is 0 Å². The molecule has 0 radical (unpaired) electrons. The number of benzene rings is 1. The first-order valence-corrected chi connectivity index (χ1v) is 10.5. The van der Waals surface area contributed by atoms with Gasteiger partial charge in [0.25, 0.3) is 5.56 Å². The quantitative estimate of drug-likeness (QED) is 0.484. The summed E-state index contributed by atoms with van der Waals surface area (Å²) in [6.45, 7) is 8.27. The van der Waals surface area contributed by atoms with Gasteiger partial charge >= 0.3 is 5.97 Å². The van der Waals surface area contributed by atoms with Gasteiger partial charge in [0, 0.05) is 27.7 Å². The average molecular weight is 419 g/mol. The van der Waals surface area contributed by atoms with Crippen molar-refractivity contribution in [1.29, 1.82) is 0 Å². The SMILES string of the molecule is CC[C@@]1(O)C(=O)OCc2c1cc1n(c2=O)Cc2cc3c(NC(C)(C)C)cccc3nc2-1. The number of anilines is 1. The van der Waals surface area contributed by atoms with E-state index in [1.807, 2.05) is 18.2 Å². The predicted molar refractivity (Wildman–Crippen MR) is 118 cm³/mol. The zero-order valence-corrected chi connectivity index (χ0v) is 18.1. The van der Waals surface area contributed by atoms with E-state index in [4.69, 9.17) is 9.72 Å². The van der Waals surface area contributed by atoms with Gasteiger partial charge in [-0.3, -0.25) is 4.79 Å². The van der Waals surface area contributed by atoms with Gasteiger partial charge in [-0.05, 0) is 51.5 Å². The molecule has 3 aromatic rings. The van der Waals surface area contributed by atoms with Crippen LogP contribution in [0.2, 0.25) is 0 Å². The van der Waals surface area contributed by atoms with E-state index in [9.17, 15) is 14.7 Å². The first kappa shape index (κ1) is 19.8. The highest BCUT2D eigenvalue weighted by Crippen LogP contribution is 2.39. The molecule has 0 saturated heterocycles. The summed E-state index contributed by atoms with van der Waals surface area (Å²) in [6, 6.07) is 9.74. The molecule has 2 aliphatic rings. The van der Waals surface area contributed by atoms with Crippen LogP contribution in [-0.2, 0) is 28.3 Å². The fourth-order valence-corrected chi connectivity index (χ4v) is 4.52. The lowest BCUT2D eigenvalue weighted by Gasteiger charge is -2.31. The Bertz CT molecular complexity index is 1320. The van der Waals surface area contributed by atoms with E-state index in [-0.39, 0.29) is 24.1 Å². The largest absolute Gasteiger partial charge is 0.458 e. The molecule has 2 aromatic heterocycles. The van der Waals surface area contributed by atoms with Crippen molar-refractivity contribution in [3.05, 3.63) is 57.4 Å². The summed E-state index contributed by atoms with van der Waals surface area (Å²) >= 11 is 0. The topological polar surface area (TPSA) is 93.5 Å². The third kappa shape index (κ3) is 2.87. The van der Waals surface area contributed by atoms with Gasteiger partial charge in [-0.2, -0.15) is 0 Å². The third-order valence-electron chi connectivity index (χ3n) is 6.06.